The van der Waals surface area contributed by atoms with Gasteiger partial charge < -0.3 is 14.1 Å². The first-order valence-corrected chi connectivity index (χ1v) is 7.29. The van der Waals surface area contributed by atoms with Crippen LogP contribution in [-0.4, -0.2) is 53.0 Å². The van der Waals surface area contributed by atoms with E-state index in [2.05, 4.69) is 5.32 Å². The molecule has 8 heteroatoms. The van der Waals surface area contributed by atoms with Crippen molar-refractivity contribution in [2.45, 2.75) is 6.54 Å². The zero-order valence-corrected chi connectivity index (χ0v) is 12.6. The Hall–Kier alpha value is -2.19. The predicted octanol–water partition coefficient (Wildman–Crippen LogP) is 0.239. The van der Waals surface area contributed by atoms with Crippen LogP contribution in [0, 0.1) is 0 Å². The minimum atomic E-state index is -0.475. The summed E-state index contributed by atoms with van der Waals surface area (Å²) in [6, 6.07) is 3.48. The fourth-order valence-electron chi connectivity index (χ4n) is 2.27. The number of carbonyl (C=O) groups excluding carboxylic acids is 2. The molecular weight excluding hydrogens is 306 g/mol. The standard InChI is InChI=1S/C14H15N3O4S/c18-12-11(9-16-3-6-20-7-4-16)13(19)17(14(22)15-12)8-10-2-1-5-21-10/h1-2,5,9H,3-4,6-8H2,(H,15,18,22)/b11-9-. The average Bonchev–Trinajstić information content (AvgIpc) is 3.02. The van der Waals surface area contributed by atoms with Crippen LogP contribution in [-0.2, 0) is 20.9 Å². The molecule has 2 amide bonds. The lowest BCUT2D eigenvalue weighted by Crippen LogP contribution is -2.54. The van der Waals surface area contributed by atoms with Gasteiger partial charge in [0.05, 0.1) is 26.0 Å². The number of thiocarbonyl (C=S) groups is 1. The first kappa shape index (κ1) is 14.7. The van der Waals surface area contributed by atoms with E-state index >= 15 is 0 Å². The molecular formula is C14H15N3O4S. The second-order valence-electron chi connectivity index (χ2n) is 4.92. The molecule has 0 radical (unpaired) electrons. The lowest BCUT2D eigenvalue weighted by molar-refractivity contribution is -0.129. The van der Waals surface area contributed by atoms with E-state index in [4.69, 9.17) is 21.4 Å². The number of hydrogen-bond donors (Lipinski definition) is 1. The smallest absolute Gasteiger partial charge is 0.267 e. The SMILES string of the molecule is O=C1NC(=S)N(Cc2ccco2)C(=O)/C1=C\N1CCOCC1. The molecule has 3 heterocycles. The molecule has 2 fully saturated rings. The fraction of sp³-hybridized carbons (Fsp3) is 0.357. The van der Waals surface area contributed by atoms with Crippen LogP contribution in [0.3, 0.4) is 0 Å². The maximum absolute atomic E-state index is 12.6. The van der Waals surface area contributed by atoms with Crippen LogP contribution >= 0.6 is 12.2 Å². The third kappa shape index (κ3) is 3.02. The third-order valence-corrected chi connectivity index (χ3v) is 3.76. The molecule has 0 saturated carbocycles. The third-order valence-electron chi connectivity index (χ3n) is 3.44. The molecule has 0 aromatic carbocycles. The Balaban J connectivity index is 1.80. The molecule has 7 nitrogen and oxygen atoms in total. The Morgan fingerprint density at radius 3 is 2.77 bits per heavy atom. The maximum Gasteiger partial charge on any atom is 0.267 e. The molecule has 22 heavy (non-hydrogen) atoms. The molecule has 2 aliphatic heterocycles. The van der Waals surface area contributed by atoms with Crippen molar-refractivity contribution in [3.05, 3.63) is 35.9 Å². The van der Waals surface area contributed by atoms with E-state index in [-0.39, 0.29) is 17.2 Å². The summed E-state index contributed by atoms with van der Waals surface area (Å²) >= 11 is 5.08. The molecule has 116 valence electrons. The molecule has 0 spiro atoms. The molecule has 0 aliphatic carbocycles. The molecule has 1 aromatic heterocycles. The van der Waals surface area contributed by atoms with E-state index in [9.17, 15) is 9.59 Å². The van der Waals surface area contributed by atoms with Gasteiger partial charge in [0.25, 0.3) is 11.8 Å². The largest absolute Gasteiger partial charge is 0.467 e. The van der Waals surface area contributed by atoms with Crippen LogP contribution in [0.2, 0.25) is 0 Å². The quantitative estimate of drug-likeness (QED) is 0.488. The topological polar surface area (TPSA) is 75.0 Å². The monoisotopic (exact) mass is 321 g/mol. The highest BCUT2D eigenvalue weighted by atomic mass is 32.1. The van der Waals surface area contributed by atoms with E-state index < -0.39 is 11.8 Å². The van der Waals surface area contributed by atoms with Crippen molar-refractivity contribution >= 4 is 29.1 Å². The summed E-state index contributed by atoms with van der Waals surface area (Å²) in [6.07, 6.45) is 3.10. The van der Waals surface area contributed by atoms with E-state index in [1.807, 2.05) is 4.90 Å². The van der Waals surface area contributed by atoms with Gasteiger partial charge in [-0.15, -0.1) is 0 Å². The molecule has 2 saturated heterocycles. The first-order valence-electron chi connectivity index (χ1n) is 6.88. The number of rotatable bonds is 3. The Kier molecular flexibility index (Phi) is 4.21. The lowest BCUT2D eigenvalue weighted by Gasteiger charge is -2.30. The van der Waals surface area contributed by atoms with Gasteiger partial charge in [0.2, 0.25) is 0 Å². The number of nitrogens with zero attached hydrogens (tertiary/aromatic N) is 2. The van der Waals surface area contributed by atoms with Crippen LogP contribution in [0.15, 0.2) is 34.6 Å². The first-order chi connectivity index (χ1) is 10.6. The number of amides is 2. The summed E-state index contributed by atoms with van der Waals surface area (Å²) in [6.45, 7) is 2.63. The van der Waals surface area contributed by atoms with Gasteiger partial charge in [-0.2, -0.15) is 0 Å². The van der Waals surface area contributed by atoms with Crippen LogP contribution in [0.1, 0.15) is 5.76 Å². The van der Waals surface area contributed by atoms with Gasteiger partial charge in [-0.05, 0) is 24.4 Å². The maximum atomic E-state index is 12.6. The number of hydrogen-bond acceptors (Lipinski definition) is 6. The van der Waals surface area contributed by atoms with Crippen molar-refractivity contribution in [1.29, 1.82) is 0 Å². The molecule has 1 N–H and O–H groups in total. The van der Waals surface area contributed by atoms with Gasteiger partial charge in [0, 0.05) is 19.3 Å². The van der Waals surface area contributed by atoms with Crippen molar-refractivity contribution in [3.63, 3.8) is 0 Å². The number of nitrogens with one attached hydrogen (secondary N) is 1. The Bertz CT molecular complexity index is 620. The second-order valence-corrected chi connectivity index (χ2v) is 5.31. The number of ether oxygens (including phenoxy) is 1. The summed E-state index contributed by atoms with van der Waals surface area (Å²) in [7, 11) is 0. The predicted molar refractivity (Wildman–Crippen MR) is 80.5 cm³/mol. The molecule has 0 unspecified atom stereocenters. The number of furan rings is 1. The highest BCUT2D eigenvalue weighted by Crippen LogP contribution is 2.15. The summed E-state index contributed by atoms with van der Waals surface area (Å²) in [5, 5.41) is 2.63. The fourth-order valence-corrected chi connectivity index (χ4v) is 2.51. The number of carbonyl (C=O) groups is 2. The van der Waals surface area contributed by atoms with E-state index in [1.165, 1.54) is 11.2 Å². The minimum absolute atomic E-state index is 0.0713. The highest BCUT2D eigenvalue weighted by molar-refractivity contribution is 7.80. The Morgan fingerprint density at radius 1 is 1.32 bits per heavy atom. The van der Waals surface area contributed by atoms with E-state index in [1.54, 1.807) is 18.3 Å². The van der Waals surface area contributed by atoms with E-state index in [0.29, 0.717) is 32.1 Å². The van der Waals surface area contributed by atoms with Crippen molar-refractivity contribution in [3.8, 4) is 0 Å². The molecule has 2 aliphatic rings. The van der Waals surface area contributed by atoms with Crippen molar-refractivity contribution in [1.82, 2.24) is 15.1 Å². The second kappa shape index (κ2) is 6.29. The molecule has 0 atom stereocenters. The van der Waals surface area contributed by atoms with Crippen LogP contribution < -0.4 is 5.32 Å². The van der Waals surface area contributed by atoms with Gasteiger partial charge in [-0.25, -0.2) is 0 Å². The minimum Gasteiger partial charge on any atom is -0.467 e. The van der Waals surface area contributed by atoms with Gasteiger partial charge in [0.1, 0.15) is 11.3 Å². The van der Waals surface area contributed by atoms with Crippen LogP contribution in [0.25, 0.3) is 0 Å². The van der Waals surface area contributed by atoms with Crippen molar-refractivity contribution in [2.24, 2.45) is 0 Å². The highest BCUT2D eigenvalue weighted by Gasteiger charge is 2.34. The van der Waals surface area contributed by atoms with Crippen LogP contribution in [0.4, 0.5) is 0 Å². The Morgan fingerprint density at radius 2 is 2.09 bits per heavy atom. The Labute approximate surface area is 132 Å². The number of morpholine rings is 1. The van der Waals surface area contributed by atoms with Gasteiger partial charge in [-0.3, -0.25) is 19.8 Å². The van der Waals surface area contributed by atoms with Crippen molar-refractivity contribution in [2.75, 3.05) is 26.3 Å². The average molecular weight is 321 g/mol. The van der Waals surface area contributed by atoms with Gasteiger partial charge in [-0.1, -0.05) is 0 Å². The molecule has 0 bridgehead atoms. The molecule has 1 aromatic rings. The van der Waals surface area contributed by atoms with Gasteiger partial charge in [0.15, 0.2) is 5.11 Å². The van der Waals surface area contributed by atoms with E-state index in [0.717, 1.165) is 0 Å². The van der Waals surface area contributed by atoms with Crippen molar-refractivity contribution < 1.29 is 18.7 Å². The van der Waals surface area contributed by atoms with Gasteiger partial charge >= 0.3 is 0 Å². The normalized spacial score (nSPS) is 21.5. The summed E-state index contributed by atoms with van der Waals surface area (Å²) in [4.78, 5) is 27.8. The lowest BCUT2D eigenvalue weighted by atomic mass is 10.2. The summed E-state index contributed by atoms with van der Waals surface area (Å²) < 4.78 is 10.5. The summed E-state index contributed by atoms with van der Waals surface area (Å²) in [5.41, 5.74) is 0.0713. The zero-order valence-electron chi connectivity index (χ0n) is 11.8. The molecule has 3 rings (SSSR count). The van der Waals surface area contributed by atoms with Crippen LogP contribution in [0.5, 0.6) is 0 Å². The zero-order chi connectivity index (χ0) is 15.5. The summed E-state index contributed by atoms with van der Waals surface area (Å²) in [5.74, 6) is -0.300.